The summed E-state index contributed by atoms with van der Waals surface area (Å²) in [6.45, 7) is 12.4. The molecule has 0 radical (unpaired) electrons. The van der Waals surface area contributed by atoms with E-state index in [4.69, 9.17) is 0 Å². The largest absolute Gasteiger partial charge is 0.353 e. The molecule has 2 aliphatic heterocycles. The van der Waals surface area contributed by atoms with Crippen LogP contribution in [0.3, 0.4) is 0 Å². The van der Waals surface area contributed by atoms with Gasteiger partial charge in [0.2, 0.25) is 0 Å². The first-order chi connectivity index (χ1) is 13.6. The van der Waals surface area contributed by atoms with Gasteiger partial charge in [0, 0.05) is 44.8 Å². The third kappa shape index (κ3) is 4.36. The maximum Gasteiger partial charge on any atom is 0.151 e. The zero-order valence-electron chi connectivity index (χ0n) is 17.6. The minimum atomic E-state index is 0.835. The summed E-state index contributed by atoms with van der Waals surface area (Å²) in [5, 5.41) is 9.09. The van der Waals surface area contributed by atoms with E-state index in [1.165, 1.54) is 49.2 Å². The van der Waals surface area contributed by atoms with Crippen LogP contribution in [0.15, 0.2) is 30.3 Å². The van der Waals surface area contributed by atoms with Crippen molar-refractivity contribution in [2.24, 2.45) is 5.92 Å². The van der Waals surface area contributed by atoms with E-state index >= 15 is 0 Å². The Hall–Kier alpha value is -1.98. The van der Waals surface area contributed by atoms with Crippen molar-refractivity contribution in [1.82, 2.24) is 20.0 Å². The molecule has 0 aliphatic carbocycles. The molecule has 150 valence electrons. The summed E-state index contributed by atoms with van der Waals surface area (Å²) in [5.41, 5.74) is 4.72. The number of nitrogens with zero attached hydrogens (tertiary/aromatic N) is 5. The van der Waals surface area contributed by atoms with Gasteiger partial charge in [-0.3, -0.25) is 4.90 Å². The molecule has 28 heavy (non-hydrogen) atoms. The summed E-state index contributed by atoms with van der Waals surface area (Å²) < 4.78 is 0. The number of aryl methyl sites for hydroxylation is 1. The summed E-state index contributed by atoms with van der Waals surface area (Å²) in [5.74, 6) is 1.84. The highest BCUT2D eigenvalue weighted by Gasteiger charge is 2.23. The molecular formula is C23H33N5. The van der Waals surface area contributed by atoms with Crippen molar-refractivity contribution in [2.75, 3.05) is 57.8 Å². The van der Waals surface area contributed by atoms with Crippen LogP contribution in [0.25, 0.3) is 11.3 Å². The maximum atomic E-state index is 4.55. The number of likely N-dealkylation sites (tertiary alicyclic amines) is 1. The number of rotatable bonds is 4. The maximum absolute atomic E-state index is 4.55. The Morgan fingerprint density at radius 3 is 2.50 bits per heavy atom. The fourth-order valence-electron chi connectivity index (χ4n) is 4.61. The summed E-state index contributed by atoms with van der Waals surface area (Å²) in [7, 11) is 2.25. The highest BCUT2D eigenvalue weighted by molar-refractivity contribution is 5.65. The van der Waals surface area contributed by atoms with E-state index < -0.39 is 0 Å². The molecule has 5 heteroatoms. The standard InChI is InChI=1S/C23H33N5/c1-18-6-4-8-21(19(18)2)22-9-10-23(25-24-22)28-14-12-27(13-15-28)17-20-7-5-11-26(3)16-20/h4,6,8-10,20H,5,7,11-17H2,1-3H3. The van der Waals surface area contributed by atoms with Gasteiger partial charge in [0.25, 0.3) is 0 Å². The predicted molar refractivity (Wildman–Crippen MR) is 116 cm³/mol. The molecule has 0 bridgehead atoms. The van der Waals surface area contributed by atoms with E-state index in [-0.39, 0.29) is 0 Å². The first kappa shape index (κ1) is 19.3. The van der Waals surface area contributed by atoms with Gasteiger partial charge in [-0.2, -0.15) is 0 Å². The van der Waals surface area contributed by atoms with Crippen LogP contribution in [0.2, 0.25) is 0 Å². The van der Waals surface area contributed by atoms with Crippen molar-refractivity contribution in [2.45, 2.75) is 26.7 Å². The normalized spacial score (nSPS) is 21.8. The minimum absolute atomic E-state index is 0.835. The molecule has 1 aromatic heterocycles. The quantitative estimate of drug-likeness (QED) is 0.815. The van der Waals surface area contributed by atoms with Gasteiger partial charge in [0.15, 0.2) is 5.82 Å². The first-order valence-corrected chi connectivity index (χ1v) is 10.7. The molecule has 1 aromatic carbocycles. The summed E-state index contributed by atoms with van der Waals surface area (Å²) >= 11 is 0. The van der Waals surface area contributed by atoms with Crippen molar-refractivity contribution in [3.8, 4) is 11.3 Å². The van der Waals surface area contributed by atoms with Gasteiger partial charge in [-0.05, 0) is 69.5 Å². The van der Waals surface area contributed by atoms with Gasteiger partial charge in [0.1, 0.15) is 0 Å². The zero-order chi connectivity index (χ0) is 19.5. The number of aromatic nitrogens is 2. The van der Waals surface area contributed by atoms with E-state index in [9.17, 15) is 0 Å². The monoisotopic (exact) mass is 379 g/mol. The fourth-order valence-corrected chi connectivity index (χ4v) is 4.61. The number of anilines is 1. The molecule has 0 N–H and O–H groups in total. The Morgan fingerprint density at radius 1 is 0.964 bits per heavy atom. The lowest BCUT2D eigenvalue weighted by molar-refractivity contribution is 0.147. The molecule has 2 saturated heterocycles. The van der Waals surface area contributed by atoms with E-state index in [2.05, 4.69) is 76.1 Å². The van der Waals surface area contributed by atoms with Crippen LogP contribution in [-0.2, 0) is 0 Å². The third-order valence-corrected chi connectivity index (χ3v) is 6.47. The first-order valence-electron chi connectivity index (χ1n) is 10.7. The van der Waals surface area contributed by atoms with Crippen LogP contribution in [0, 0.1) is 19.8 Å². The van der Waals surface area contributed by atoms with E-state index in [1.807, 2.05) is 0 Å². The second-order valence-corrected chi connectivity index (χ2v) is 8.58. The predicted octanol–water partition coefficient (Wildman–Crippen LogP) is 3.22. The third-order valence-electron chi connectivity index (χ3n) is 6.47. The highest BCUT2D eigenvalue weighted by Crippen LogP contribution is 2.25. The number of hydrogen-bond acceptors (Lipinski definition) is 5. The van der Waals surface area contributed by atoms with Gasteiger partial charge < -0.3 is 9.80 Å². The van der Waals surface area contributed by atoms with Gasteiger partial charge >= 0.3 is 0 Å². The molecule has 1 unspecified atom stereocenters. The molecule has 2 aliphatic rings. The fraction of sp³-hybridized carbons (Fsp3) is 0.565. The smallest absolute Gasteiger partial charge is 0.151 e. The van der Waals surface area contributed by atoms with Crippen LogP contribution in [0.5, 0.6) is 0 Å². The summed E-state index contributed by atoms with van der Waals surface area (Å²) in [6.07, 6.45) is 2.74. The van der Waals surface area contributed by atoms with Crippen molar-refractivity contribution in [3.05, 3.63) is 41.5 Å². The lowest BCUT2D eigenvalue weighted by Gasteiger charge is -2.38. The highest BCUT2D eigenvalue weighted by atomic mass is 15.3. The Bertz CT molecular complexity index is 780. The second kappa shape index (κ2) is 8.58. The molecule has 0 spiro atoms. The van der Waals surface area contributed by atoms with Gasteiger partial charge in [0.05, 0.1) is 5.69 Å². The lowest BCUT2D eigenvalue weighted by Crippen LogP contribution is -2.49. The molecular weight excluding hydrogens is 346 g/mol. The molecule has 0 saturated carbocycles. The van der Waals surface area contributed by atoms with Gasteiger partial charge in [-0.15, -0.1) is 10.2 Å². The average Bonchev–Trinajstić information content (AvgIpc) is 2.71. The minimum Gasteiger partial charge on any atom is -0.353 e. The molecule has 0 amide bonds. The summed E-state index contributed by atoms with van der Waals surface area (Å²) in [4.78, 5) is 7.50. The van der Waals surface area contributed by atoms with E-state index in [0.29, 0.717) is 0 Å². The van der Waals surface area contributed by atoms with Crippen LogP contribution < -0.4 is 4.90 Å². The van der Waals surface area contributed by atoms with Crippen LogP contribution in [-0.4, -0.2) is 72.9 Å². The molecule has 4 rings (SSSR count). The van der Waals surface area contributed by atoms with Gasteiger partial charge in [-0.1, -0.05) is 18.2 Å². The molecule has 5 nitrogen and oxygen atoms in total. The number of benzene rings is 1. The second-order valence-electron chi connectivity index (χ2n) is 8.58. The number of piperazine rings is 1. The Balaban J connectivity index is 1.34. The average molecular weight is 380 g/mol. The Morgan fingerprint density at radius 2 is 1.79 bits per heavy atom. The topological polar surface area (TPSA) is 35.5 Å². The molecule has 1 atom stereocenters. The van der Waals surface area contributed by atoms with E-state index in [1.54, 1.807) is 0 Å². The SMILES string of the molecule is Cc1cccc(-c2ccc(N3CCN(CC4CCCN(C)C4)CC3)nn2)c1C. The van der Waals surface area contributed by atoms with Crippen LogP contribution in [0.1, 0.15) is 24.0 Å². The van der Waals surface area contributed by atoms with Crippen LogP contribution >= 0.6 is 0 Å². The van der Waals surface area contributed by atoms with Crippen molar-refractivity contribution in [3.63, 3.8) is 0 Å². The summed E-state index contributed by atoms with van der Waals surface area (Å²) in [6, 6.07) is 10.6. The van der Waals surface area contributed by atoms with Gasteiger partial charge in [-0.25, -0.2) is 0 Å². The van der Waals surface area contributed by atoms with Crippen LogP contribution in [0.4, 0.5) is 5.82 Å². The Kier molecular flexibility index (Phi) is 5.93. The lowest BCUT2D eigenvalue weighted by atomic mass is 9.97. The van der Waals surface area contributed by atoms with Crippen molar-refractivity contribution < 1.29 is 0 Å². The van der Waals surface area contributed by atoms with E-state index in [0.717, 1.165) is 43.6 Å². The molecule has 2 fully saturated rings. The zero-order valence-corrected chi connectivity index (χ0v) is 17.6. The number of hydrogen-bond donors (Lipinski definition) is 0. The molecule has 3 heterocycles. The number of piperidine rings is 1. The molecule has 2 aromatic rings. The van der Waals surface area contributed by atoms with Crippen molar-refractivity contribution >= 4 is 5.82 Å². The Labute approximate surface area is 169 Å². The van der Waals surface area contributed by atoms with Crippen molar-refractivity contribution in [1.29, 1.82) is 0 Å².